The standard InChI is InChI=1S/C15H28N4O/c1-6-16-13-9-14(19-15(18-13)11(4)5)17-12(7-8-20)10(2)3/h9-12,20H,6-8H2,1-5H3,(H2,16,17,18,19). The molecule has 0 aliphatic carbocycles. The Bertz CT molecular complexity index is 407. The first-order valence-electron chi connectivity index (χ1n) is 7.48. The summed E-state index contributed by atoms with van der Waals surface area (Å²) < 4.78 is 0. The van der Waals surface area contributed by atoms with Crippen molar-refractivity contribution in [3.63, 3.8) is 0 Å². The van der Waals surface area contributed by atoms with Gasteiger partial charge in [0.2, 0.25) is 0 Å². The molecule has 0 saturated heterocycles. The number of aliphatic hydroxyl groups excluding tert-OH is 1. The molecule has 0 saturated carbocycles. The van der Waals surface area contributed by atoms with Gasteiger partial charge in [-0.2, -0.15) is 0 Å². The van der Waals surface area contributed by atoms with E-state index in [1.165, 1.54) is 0 Å². The molecule has 1 aromatic rings. The first-order valence-corrected chi connectivity index (χ1v) is 7.48. The maximum atomic E-state index is 9.16. The van der Waals surface area contributed by atoms with Gasteiger partial charge in [0.25, 0.3) is 0 Å². The van der Waals surface area contributed by atoms with Gasteiger partial charge >= 0.3 is 0 Å². The molecule has 0 spiro atoms. The lowest BCUT2D eigenvalue weighted by Crippen LogP contribution is -2.27. The summed E-state index contributed by atoms with van der Waals surface area (Å²) in [7, 11) is 0. The molecule has 3 N–H and O–H groups in total. The van der Waals surface area contributed by atoms with E-state index in [9.17, 15) is 0 Å². The van der Waals surface area contributed by atoms with E-state index in [-0.39, 0.29) is 18.6 Å². The summed E-state index contributed by atoms with van der Waals surface area (Å²) >= 11 is 0. The quantitative estimate of drug-likeness (QED) is 0.683. The van der Waals surface area contributed by atoms with Crippen molar-refractivity contribution in [1.29, 1.82) is 0 Å². The minimum atomic E-state index is 0.179. The Morgan fingerprint density at radius 1 is 1.15 bits per heavy atom. The molecule has 1 heterocycles. The Morgan fingerprint density at radius 3 is 2.30 bits per heavy atom. The number of nitrogens with one attached hydrogen (secondary N) is 2. The number of nitrogens with zero attached hydrogens (tertiary/aromatic N) is 2. The van der Waals surface area contributed by atoms with Gasteiger partial charge in [-0.25, -0.2) is 9.97 Å². The molecule has 114 valence electrons. The van der Waals surface area contributed by atoms with Crippen LogP contribution in [0.25, 0.3) is 0 Å². The maximum absolute atomic E-state index is 9.16. The second-order valence-electron chi connectivity index (χ2n) is 5.69. The van der Waals surface area contributed by atoms with E-state index in [0.29, 0.717) is 5.92 Å². The fourth-order valence-corrected chi connectivity index (χ4v) is 1.97. The Balaban J connectivity index is 2.96. The van der Waals surface area contributed by atoms with Crippen molar-refractivity contribution < 1.29 is 5.11 Å². The molecule has 0 amide bonds. The van der Waals surface area contributed by atoms with Gasteiger partial charge in [-0.15, -0.1) is 0 Å². The first-order chi connectivity index (χ1) is 9.47. The van der Waals surface area contributed by atoms with Gasteiger partial charge < -0.3 is 15.7 Å². The highest BCUT2D eigenvalue weighted by Gasteiger charge is 2.15. The van der Waals surface area contributed by atoms with E-state index < -0.39 is 0 Å². The SMILES string of the molecule is CCNc1cc(NC(CCO)C(C)C)nc(C(C)C)n1. The van der Waals surface area contributed by atoms with Crippen molar-refractivity contribution in [3.8, 4) is 0 Å². The molecule has 1 aromatic heterocycles. The van der Waals surface area contributed by atoms with Crippen LogP contribution in [0.1, 0.15) is 52.8 Å². The van der Waals surface area contributed by atoms with Crippen LogP contribution in [0.4, 0.5) is 11.6 Å². The molecule has 0 aliphatic heterocycles. The molecule has 0 aromatic carbocycles. The zero-order valence-electron chi connectivity index (χ0n) is 13.3. The Hall–Kier alpha value is -1.36. The minimum Gasteiger partial charge on any atom is -0.396 e. The highest BCUT2D eigenvalue weighted by atomic mass is 16.3. The lowest BCUT2D eigenvalue weighted by Gasteiger charge is -2.23. The smallest absolute Gasteiger partial charge is 0.135 e. The number of hydrogen-bond donors (Lipinski definition) is 3. The van der Waals surface area contributed by atoms with Crippen LogP contribution in [0.15, 0.2) is 6.07 Å². The van der Waals surface area contributed by atoms with Crippen molar-refractivity contribution in [2.24, 2.45) is 5.92 Å². The van der Waals surface area contributed by atoms with Crippen LogP contribution in [0.2, 0.25) is 0 Å². The molecule has 0 aliphatic rings. The molecule has 5 heteroatoms. The van der Waals surface area contributed by atoms with Crippen LogP contribution in [0, 0.1) is 5.92 Å². The number of hydrogen-bond acceptors (Lipinski definition) is 5. The van der Waals surface area contributed by atoms with E-state index in [1.807, 2.05) is 13.0 Å². The summed E-state index contributed by atoms with van der Waals surface area (Å²) in [6.07, 6.45) is 0.717. The lowest BCUT2D eigenvalue weighted by atomic mass is 10.0. The fourth-order valence-electron chi connectivity index (χ4n) is 1.97. The second kappa shape index (κ2) is 8.04. The number of aromatic nitrogens is 2. The lowest BCUT2D eigenvalue weighted by molar-refractivity contribution is 0.267. The van der Waals surface area contributed by atoms with Gasteiger partial charge in [0, 0.05) is 31.2 Å². The van der Waals surface area contributed by atoms with Crippen LogP contribution in [-0.4, -0.2) is 34.3 Å². The van der Waals surface area contributed by atoms with E-state index in [1.54, 1.807) is 0 Å². The Morgan fingerprint density at radius 2 is 1.80 bits per heavy atom. The highest BCUT2D eigenvalue weighted by molar-refractivity contribution is 5.48. The third-order valence-corrected chi connectivity index (χ3v) is 3.20. The topological polar surface area (TPSA) is 70.1 Å². The van der Waals surface area contributed by atoms with E-state index in [2.05, 4.69) is 48.3 Å². The number of rotatable bonds is 8. The Labute approximate surface area is 122 Å². The van der Waals surface area contributed by atoms with Crippen LogP contribution in [-0.2, 0) is 0 Å². The molecule has 1 atom stereocenters. The summed E-state index contributed by atoms with van der Waals surface area (Å²) in [6, 6.07) is 2.15. The average Bonchev–Trinajstić information content (AvgIpc) is 2.38. The summed E-state index contributed by atoms with van der Waals surface area (Å²) in [5, 5.41) is 15.8. The molecular weight excluding hydrogens is 252 g/mol. The third-order valence-electron chi connectivity index (χ3n) is 3.20. The van der Waals surface area contributed by atoms with Crippen LogP contribution >= 0.6 is 0 Å². The van der Waals surface area contributed by atoms with Crippen molar-refractivity contribution >= 4 is 11.6 Å². The predicted molar refractivity (Wildman–Crippen MR) is 84.2 cm³/mol. The summed E-state index contributed by atoms with van der Waals surface area (Å²) in [5.74, 6) is 3.22. The molecule has 0 fully saturated rings. The minimum absolute atomic E-state index is 0.179. The molecule has 1 rings (SSSR count). The van der Waals surface area contributed by atoms with Gasteiger partial charge in [0.1, 0.15) is 17.5 Å². The van der Waals surface area contributed by atoms with Gasteiger partial charge in [-0.1, -0.05) is 27.7 Å². The predicted octanol–water partition coefficient (Wildman–Crippen LogP) is 2.85. The van der Waals surface area contributed by atoms with Crippen molar-refractivity contribution in [2.45, 2.75) is 53.0 Å². The third kappa shape index (κ3) is 4.96. The van der Waals surface area contributed by atoms with Crippen LogP contribution < -0.4 is 10.6 Å². The van der Waals surface area contributed by atoms with E-state index in [0.717, 1.165) is 30.4 Å². The van der Waals surface area contributed by atoms with Crippen molar-refractivity contribution in [2.75, 3.05) is 23.8 Å². The van der Waals surface area contributed by atoms with Gasteiger partial charge in [0.15, 0.2) is 0 Å². The van der Waals surface area contributed by atoms with E-state index in [4.69, 9.17) is 5.11 Å². The molecule has 0 bridgehead atoms. The molecule has 1 unspecified atom stereocenters. The monoisotopic (exact) mass is 280 g/mol. The van der Waals surface area contributed by atoms with Crippen LogP contribution in [0.5, 0.6) is 0 Å². The van der Waals surface area contributed by atoms with Gasteiger partial charge in [-0.05, 0) is 19.3 Å². The maximum Gasteiger partial charge on any atom is 0.135 e. The van der Waals surface area contributed by atoms with E-state index >= 15 is 0 Å². The average molecular weight is 280 g/mol. The van der Waals surface area contributed by atoms with Crippen LogP contribution in [0.3, 0.4) is 0 Å². The normalized spacial score (nSPS) is 12.8. The summed E-state index contributed by atoms with van der Waals surface area (Å²) in [6.45, 7) is 11.5. The molecule has 20 heavy (non-hydrogen) atoms. The number of anilines is 2. The van der Waals surface area contributed by atoms with Crippen molar-refractivity contribution in [1.82, 2.24) is 9.97 Å². The summed E-state index contributed by atoms with van der Waals surface area (Å²) in [4.78, 5) is 9.08. The fraction of sp³-hybridized carbons (Fsp3) is 0.733. The molecular formula is C15H28N4O. The summed E-state index contributed by atoms with van der Waals surface area (Å²) in [5.41, 5.74) is 0. The first kappa shape index (κ1) is 16.7. The number of aliphatic hydroxyl groups is 1. The second-order valence-corrected chi connectivity index (χ2v) is 5.69. The highest BCUT2D eigenvalue weighted by Crippen LogP contribution is 2.19. The zero-order chi connectivity index (χ0) is 15.1. The van der Waals surface area contributed by atoms with Gasteiger partial charge in [-0.3, -0.25) is 0 Å². The van der Waals surface area contributed by atoms with Gasteiger partial charge in [0.05, 0.1) is 0 Å². The van der Waals surface area contributed by atoms with Crippen molar-refractivity contribution in [3.05, 3.63) is 11.9 Å². The largest absolute Gasteiger partial charge is 0.396 e. The zero-order valence-corrected chi connectivity index (χ0v) is 13.3. The molecule has 0 radical (unpaired) electrons. The molecule has 5 nitrogen and oxygen atoms in total. The Kier molecular flexibility index (Phi) is 6.71.